The number of terminal acetylenes is 1. The minimum Gasteiger partial charge on any atom is -0.270 e. The molecule has 0 bridgehead atoms. The fraction of sp³-hybridized carbons (Fsp3) is 0.200. The molecule has 1 rings (SSSR count). The second kappa shape index (κ2) is 4.70. The molecule has 1 unspecified atom stereocenters. The number of rotatable bonds is 3. The highest BCUT2D eigenvalue weighted by atomic mass is 19.1. The highest BCUT2D eigenvalue weighted by Gasteiger charge is 2.12. The zero-order chi connectivity index (χ0) is 10.6. The van der Waals surface area contributed by atoms with Crippen LogP contribution >= 0.6 is 0 Å². The lowest BCUT2D eigenvalue weighted by atomic mass is 10.1. The average Bonchev–Trinajstić information content (AvgIpc) is 2.18. The first-order valence-corrected chi connectivity index (χ1v) is 4.04. The monoisotopic (exact) mass is 196 g/mol. The van der Waals surface area contributed by atoms with Crippen molar-refractivity contribution in [2.75, 3.05) is 0 Å². The normalized spacial score (nSPS) is 12.1. The number of benzene rings is 1. The van der Waals surface area contributed by atoms with Crippen molar-refractivity contribution in [3.63, 3.8) is 0 Å². The van der Waals surface area contributed by atoms with E-state index in [1.807, 2.05) is 0 Å². The third-order valence-electron chi connectivity index (χ3n) is 1.87. The van der Waals surface area contributed by atoms with Crippen LogP contribution in [-0.2, 0) is 6.42 Å². The average molecular weight is 196 g/mol. The molecule has 1 atom stereocenters. The van der Waals surface area contributed by atoms with Crippen LogP contribution in [0.25, 0.3) is 0 Å². The molecule has 0 aliphatic rings. The predicted molar refractivity (Wildman–Crippen MR) is 50.0 cm³/mol. The van der Waals surface area contributed by atoms with Crippen molar-refractivity contribution < 1.29 is 8.78 Å². The zero-order valence-electron chi connectivity index (χ0n) is 7.43. The second-order valence-corrected chi connectivity index (χ2v) is 2.79. The first kappa shape index (κ1) is 10.6. The molecule has 0 aromatic heterocycles. The number of hydrogen-bond acceptors (Lipinski definition) is 2. The molecule has 0 saturated heterocycles. The molecule has 0 saturated carbocycles. The Morgan fingerprint density at radius 3 is 2.43 bits per heavy atom. The topological polar surface area (TPSA) is 38.0 Å². The largest absolute Gasteiger partial charge is 0.270 e. The van der Waals surface area contributed by atoms with Gasteiger partial charge in [-0.3, -0.25) is 5.84 Å². The van der Waals surface area contributed by atoms with Crippen LogP contribution in [0.5, 0.6) is 0 Å². The van der Waals surface area contributed by atoms with E-state index < -0.39 is 17.7 Å². The van der Waals surface area contributed by atoms with Crippen molar-refractivity contribution in [2.45, 2.75) is 12.5 Å². The maximum atomic E-state index is 13.1. The molecular weight excluding hydrogens is 186 g/mol. The fourth-order valence-electron chi connectivity index (χ4n) is 1.10. The Bertz CT molecular complexity index is 337. The highest BCUT2D eigenvalue weighted by molar-refractivity contribution is 5.22. The SMILES string of the molecule is C#CC(Cc1c(F)cccc1F)NN. The van der Waals surface area contributed by atoms with Gasteiger partial charge in [0.2, 0.25) is 0 Å². The Morgan fingerprint density at radius 1 is 1.43 bits per heavy atom. The minimum absolute atomic E-state index is 0.0332. The standard InChI is InChI=1S/C10H10F2N2/c1-2-7(14-13)6-8-9(11)4-3-5-10(8)12/h1,3-5,7,14H,6,13H2. The third-order valence-corrected chi connectivity index (χ3v) is 1.87. The Labute approximate surface area is 81.1 Å². The number of nitrogens with one attached hydrogen (secondary N) is 1. The second-order valence-electron chi connectivity index (χ2n) is 2.79. The molecule has 0 radical (unpaired) electrons. The molecule has 0 heterocycles. The minimum atomic E-state index is -0.611. The molecule has 74 valence electrons. The van der Waals surface area contributed by atoms with Crippen molar-refractivity contribution >= 4 is 0 Å². The van der Waals surface area contributed by atoms with Crippen molar-refractivity contribution in [3.8, 4) is 12.3 Å². The van der Waals surface area contributed by atoms with Crippen molar-refractivity contribution in [2.24, 2.45) is 5.84 Å². The smallest absolute Gasteiger partial charge is 0.129 e. The van der Waals surface area contributed by atoms with Gasteiger partial charge in [-0.05, 0) is 12.1 Å². The molecule has 0 aliphatic carbocycles. The van der Waals surface area contributed by atoms with Crippen molar-refractivity contribution in [1.82, 2.24) is 5.43 Å². The van der Waals surface area contributed by atoms with E-state index in [0.29, 0.717) is 0 Å². The van der Waals surface area contributed by atoms with E-state index in [1.165, 1.54) is 18.2 Å². The van der Waals surface area contributed by atoms with E-state index in [2.05, 4.69) is 11.3 Å². The van der Waals surface area contributed by atoms with Crippen molar-refractivity contribution in [3.05, 3.63) is 35.4 Å². The molecule has 3 N–H and O–H groups in total. The maximum Gasteiger partial charge on any atom is 0.129 e. The van der Waals surface area contributed by atoms with E-state index in [1.54, 1.807) is 0 Å². The summed E-state index contributed by atoms with van der Waals surface area (Å²) < 4.78 is 26.2. The molecule has 14 heavy (non-hydrogen) atoms. The first-order chi connectivity index (χ1) is 6.69. The maximum absolute atomic E-state index is 13.1. The van der Waals surface area contributed by atoms with Gasteiger partial charge in [0.1, 0.15) is 11.6 Å². The van der Waals surface area contributed by atoms with Crippen LogP contribution in [0, 0.1) is 24.0 Å². The lowest BCUT2D eigenvalue weighted by Gasteiger charge is -2.10. The molecule has 0 fully saturated rings. The van der Waals surface area contributed by atoms with Gasteiger partial charge < -0.3 is 0 Å². The van der Waals surface area contributed by atoms with Gasteiger partial charge in [0.05, 0.1) is 6.04 Å². The summed E-state index contributed by atoms with van der Waals surface area (Å²) in [5.41, 5.74) is 2.24. The summed E-state index contributed by atoms with van der Waals surface area (Å²) >= 11 is 0. The Balaban J connectivity index is 2.91. The first-order valence-electron chi connectivity index (χ1n) is 4.04. The quantitative estimate of drug-likeness (QED) is 0.429. The van der Waals surface area contributed by atoms with Crippen LogP contribution in [0.15, 0.2) is 18.2 Å². The van der Waals surface area contributed by atoms with Crippen LogP contribution in [0.2, 0.25) is 0 Å². The molecule has 1 aromatic rings. The van der Waals surface area contributed by atoms with E-state index in [4.69, 9.17) is 12.3 Å². The zero-order valence-corrected chi connectivity index (χ0v) is 7.43. The molecule has 0 amide bonds. The molecule has 2 nitrogen and oxygen atoms in total. The van der Waals surface area contributed by atoms with Gasteiger partial charge in [0.25, 0.3) is 0 Å². The molecule has 0 aliphatic heterocycles. The Morgan fingerprint density at radius 2 is 2.00 bits per heavy atom. The van der Waals surface area contributed by atoms with Gasteiger partial charge in [0.15, 0.2) is 0 Å². The van der Waals surface area contributed by atoms with Crippen LogP contribution in [0.1, 0.15) is 5.56 Å². The molecule has 0 spiro atoms. The van der Waals surface area contributed by atoms with Crippen LogP contribution in [-0.4, -0.2) is 6.04 Å². The van der Waals surface area contributed by atoms with Crippen LogP contribution in [0.4, 0.5) is 8.78 Å². The fourth-order valence-corrected chi connectivity index (χ4v) is 1.10. The van der Waals surface area contributed by atoms with Gasteiger partial charge in [-0.1, -0.05) is 12.0 Å². The lowest BCUT2D eigenvalue weighted by Crippen LogP contribution is -2.35. The summed E-state index contributed by atoms with van der Waals surface area (Å²) in [6, 6.07) is 3.10. The molecular formula is C10H10F2N2. The van der Waals surface area contributed by atoms with E-state index in [9.17, 15) is 8.78 Å². The summed E-state index contributed by atoms with van der Waals surface area (Å²) in [5.74, 6) is 6.16. The Kier molecular flexibility index (Phi) is 3.57. The number of nitrogens with two attached hydrogens (primary N) is 1. The number of hydrogen-bond donors (Lipinski definition) is 2. The molecule has 4 heteroatoms. The molecule has 1 aromatic carbocycles. The van der Waals surface area contributed by atoms with Gasteiger partial charge >= 0.3 is 0 Å². The number of halogens is 2. The van der Waals surface area contributed by atoms with Gasteiger partial charge in [-0.15, -0.1) is 6.42 Å². The van der Waals surface area contributed by atoms with Gasteiger partial charge in [-0.25, -0.2) is 14.2 Å². The highest BCUT2D eigenvalue weighted by Crippen LogP contribution is 2.13. The summed E-state index contributed by atoms with van der Waals surface area (Å²) in [6.07, 6.45) is 5.13. The van der Waals surface area contributed by atoms with Gasteiger partial charge in [0, 0.05) is 12.0 Å². The summed E-state index contributed by atoms with van der Waals surface area (Å²) in [4.78, 5) is 0. The third kappa shape index (κ3) is 2.28. The van der Waals surface area contributed by atoms with E-state index in [-0.39, 0.29) is 12.0 Å². The van der Waals surface area contributed by atoms with E-state index >= 15 is 0 Å². The summed E-state index contributed by atoms with van der Waals surface area (Å²) in [7, 11) is 0. The van der Waals surface area contributed by atoms with Gasteiger partial charge in [-0.2, -0.15) is 0 Å². The number of hydrazine groups is 1. The Hall–Kier alpha value is -1.44. The van der Waals surface area contributed by atoms with Crippen LogP contribution < -0.4 is 11.3 Å². The summed E-state index contributed by atoms with van der Waals surface area (Å²) in [6.45, 7) is 0. The van der Waals surface area contributed by atoms with E-state index in [0.717, 1.165) is 0 Å². The van der Waals surface area contributed by atoms with Crippen LogP contribution in [0.3, 0.4) is 0 Å². The predicted octanol–water partition coefficient (Wildman–Crippen LogP) is 0.972. The van der Waals surface area contributed by atoms with Crippen molar-refractivity contribution in [1.29, 1.82) is 0 Å². The summed E-state index contributed by atoms with van der Waals surface area (Å²) in [5, 5.41) is 0. The lowest BCUT2D eigenvalue weighted by molar-refractivity contribution is 0.532.